The Bertz CT molecular complexity index is 623. The van der Waals surface area contributed by atoms with Gasteiger partial charge in [-0.05, 0) is 26.0 Å². The zero-order chi connectivity index (χ0) is 14.7. The maximum atomic E-state index is 13.0. The molecule has 106 valence electrons. The molecule has 0 radical (unpaired) electrons. The van der Waals surface area contributed by atoms with Crippen molar-refractivity contribution in [3.05, 3.63) is 47.8 Å². The van der Waals surface area contributed by atoms with Gasteiger partial charge in [0.05, 0.1) is 11.9 Å². The van der Waals surface area contributed by atoms with Gasteiger partial charge < -0.3 is 15.0 Å². The van der Waals surface area contributed by atoms with E-state index in [0.29, 0.717) is 16.9 Å². The molecule has 0 bridgehead atoms. The average molecular weight is 277 g/mol. The first-order chi connectivity index (χ1) is 9.47. The number of ether oxygens (including phenoxy) is 1. The number of hydrogen-bond donors (Lipinski definition) is 1. The minimum absolute atomic E-state index is 0.0349. The third-order valence-corrected chi connectivity index (χ3v) is 2.77. The number of halogens is 1. The Labute approximate surface area is 116 Å². The minimum atomic E-state index is -0.500. The second-order valence-electron chi connectivity index (χ2n) is 4.75. The summed E-state index contributed by atoms with van der Waals surface area (Å²) in [7, 11) is 0. The Morgan fingerprint density at radius 2 is 2.20 bits per heavy atom. The van der Waals surface area contributed by atoms with Crippen LogP contribution in [0.15, 0.2) is 30.7 Å². The fourth-order valence-electron chi connectivity index (χ4n) is 1.85. The van der Waals surface area contributed by atoms with Gasteiger partial charge in [0.15, 0.2) is 0 Å². The van der Waals surface area contributed by atoms with Crippen molar-refractivity contribution in [1.29, 1.82) is 0 Å². The highest BCUT2D eigenvalue weighted by atomic mass is 19.1. The molecule has 0 aromatic carbocycles. The van der Waals surface area contributed by atoms with E-state index >= 15 is 0 Å². The molecule has 0 fully saturated rings. The number of hydrogen-bond acceptors (Lipinski definition) is 4. The first-order valence-corrected chi connectivity index (χ1v) is 6.21. The molecule has 5 nitrogen and oxygen atoms in total. The van der Waals surface area contributed by atoms with Crippen LogP contribution >= 0.6 is 0 Å². The molecule has 2 N–H and O–H groups in total. The lowest BCUT2D eigenvalue weighted by Gasteiger charge is -2.12. The van der Waals surface area contributed by atoms with Gasteiger partial charge in [0, 0.05) is 24.0 Å². The van der Waals surface area contributed by atoms with Gasteiger partial charge in [0.25, 0.3) is 0 Å². The lowest BCUT2D eigenvalue weighted by molar-refractivity contribution is 0.0457. The molecule has 0 saturated heterocycles. The van der Waals surface area contributed by atoms with E-state index in [1.165, 1.54) is 12.3 Å². The van der Waals surface area contributed by atoms with Crippen molar-refractivity contribution in [2.75, 3.05) is 5.73 Å². The third-order valence-electron chi connectivity index (χ3n) is 2.77. The fourth-order valence-corrected chi connectivity index (χ4v) is 1.85. The second-order valence-corrected chi connectivity index (χ2v) is 4.75. The third kappa shape index (κ3) is 3.14. The van der Waals surface area contributed by atoms with Crippen molar-refractivity contribution in [2.45, 2.75) is 26.5 Å². The van der Waals surface area contributed by atoms with Gasteiger partial charge in [0.2, 0.25) is 0 Å². The largest absolute Gasteiger partial charge is 0.456 e. The van der Waals surface area contributed by atoms with E-state index in [1.807, 2.05) is 13.8 Å². The lowest BCUT2D eigenvalue weighted by atomic mass is 10.3. The summed E-state index contributed by atoms with van der Waals surface area (Å²) in [6, 6.07) is 2.92. The quantitative estimate of drug-likeness (QED) is 0.872. The van der Waals surface area contributed by atoms with Gasteiger partial charge in [-0.3, -0.25) is 4.98 Å². The number of carbonyl (C=O) groups is 1. The van der Waals surface area contributed by atoms with E-state index in [-0.39, 0.29) is 12.6 Å². The molecule has 0 saturated carbocycles. The van der Waals surface area contributed by atoms with Crippen molar-refractivity contribution in [3.63, 3.8) is 0 Å². The Kier molecular flexibility index (Phi) is 4.02. The van der Waals surface area contributed by atoms with E-state index in [0.717, 1.165) is 6.20 Å². The van der Waals surface area contributed by atoms with Crippen LogP contribution < -0.4 is 5.73 Å². The molecular formula is C14H16FN3O2. The molecule has 0 atom stereocenters. The van der Waals surface area contributed by atoms with Crippen LogP contribution in [0.2, 0.25) is 0 Å². The van der Waals surface area contributed by atoms with Crippen molar-refractivity contribution in [2.24, 2.45) is 0 Å². The molecule has 20 heavy (non-hydrogen) atoms. The molecule has 6 heteroatoms. The number of nitrogens with two attached hydrogens (primary N) is 1. The minimum Gasteiger partial charge on any atom is -0.456 e. The molecule has 0 spiro atoms. The zero-order valence-electron chi connectivity index (χ0n) is 11.3. The molecule has 2 aromatic heterocycles. The molecule has 0 amide bonds. The zero-order valence-corrected chi connectivity index (χ0v) is 11.3. The van der Waals surface area contributed by atoms with Crippen LogP contribution in [0.1, 0.15) is 35.9 Å². The number of nitrogens with zero attached hydrogens (tertiary/aromatic N) is 2. The van der Waals surface area contributed by atoms with Crippen molar-refractivity contribution in [3.8, 4) is 0 Å². The van der Waals surface area contributed by atoms with E-state index < -0.39 is 11.8 Å². The van der Waals surface area contributed by atoms with Crippen LogP contribution in [0.25, 0.3) is 0 Å². The Balaban J connectivity index is 2.09. The highest BCUT2D eigenvalue weighted by molar-refractivity contribution is 5.89. The van der Waals surface area contributed by atoms with Gasteiger partial charge in [0.1, 0.15) is 18.1 Å². The van der Waals surface area contributed by atoms with Crippen LogP contribution in [-0.2, 0) is 11.3 Å². The number of esters is 1. The van der Waals surface area contributed by atoms with E-state index in [9.17, 15) is 9.18 Å². The van der Waals surface area contributed by atoms with Crippen LogP contribution in [0.4, 0.5) is 10.1 Å². The summed E-state index contributed by atoms with van der Waals surface area (Å²) >= 11 is 0. The Hall–Kier alpha value is -2.37. The summed E-state index contributed by atoms with van der Waals surface area (Å²) in [6.45, 7) is 3.84. The van der Waals surface area contributed by atoms with E-state index in [4.69, 9.17) is 10.5 Å². The molecule has 2 aromatic rings. The molecule has 0 aliphatic carbocycles. The van der Waals surface area contributed by atoms with Gasteiger partial charge >= 0.3 is 5.97 Å². The topological polar surface area (TPSA) is 70.1 Å². The summed E-state index contributed by atoms with van der Waals surface area (Å²) in [5, 5.41) is 0. The van der Waals surface area contributed by atoms with Gasteiger partial charge in [-0.2, -0.15) is 0 Å². The van der Waals surface area contributed by atoms with Crippen LogP contribution in [0, 0.1) is 5.82 Å². The highest BCUT2D eigenvalue weighted by Crippen LogP contribution is 2.18. The second kappa shape index (κ2) is 5.73. The van der Waals surface area contributed by atoms with Crippen LogP contribution in [0.5, 0.6) is 0 Å². The SMILES string of the molecule is CC(C)n1cc(N)cc1C(=O)OCc1cncc(F)c1. The summed E-state index contributed by atoms with van der Waals surface area (Å²) in [4.78, 5) is 15.7. The smallest absolute Gasteiger partial charge is 0.355 e. The van der Waals surface area contributed by atoms with Crippen molar-refractivity contribution < 1.29 is 13.9 Å². The lowest BCUT2D eigenvalue weighted by Crippen LogP contribution is -2.13. The average Bonchev–Trinajstić information content (AvgIpc) is 2.78. The molecule has 0 aliphatic rings. The molecule has 0 aliphatic heterocycles. The van der Waals surface area contributed by atoms with Crippen molar-refractivity contribution in [1.82, 2.24) is 9.55 Å². The Morgan fingerprint density at radius 1 is 1.45 bits per heavy atom. The molecule has 2 rings (SSSR count). The Morgan fingerprint density at radius 3 is 2.85 bits per heavy atom. The number of aromatic nitrogens is 2. The van der Waals surface area contributed by atoms with Gasteiger partial charge in [-0.25, -0.2) is 9.18 Å². The molecule has 2 heterocycles. The summed E-state index contributed by atoms with van der Waals surface area (Å²) in [5.74, 6) is -0.965. The number of rotatable bonds is 4. The molecule has 0 unspecified atom stereocenters. The van der Waals surface area contributed by atoms with Gasteiger partial charge in [-0.15, -0.1) is 0 Å². The maximum absolute atomic E-state index is 13.0. The van der Waals surface area contributed by atoms with E-state index in [2.05, 4.69) is 4.98 Å². The summed E-state index contributed by atoms with van der Waals surface area (Å²) in [6.07, 6.45) is 4.23. The predicted octanol–water partition coefficient (Wildman–Crippen LogP) is 2.54. The summed E-state index contributed by atoms with van der Waals surface area (Å²) < 4.78 is 19.9. The van der Waals surface area contributed by atoms with Gasteiger partial charge in [-0.1, -0.05) is 0 Å². The first kappa shape index (κ1) is 14.0. The number of pyridine rings is 1. The van der Waals surface area contributed by atoms with Crippen molar-refractivity contribution >= 4 is 11.7 Å². The predicted molar refractivity (Wildman–Crippen MR) is 72.5 cm³/mol. The fraction of sp³-hybridized carbons (Fsp3) is 0.286. The highest BCUT2D eigenvalue weighted by Gasteiger charge is 2.16. The van der Waals surface area contributed by atoms with Crippen LogP contribution in [0.3, 0.4) is 0 Å². The van der Waals surface area contributed by atoms with E-state index in [1.54, 1.807) is 16.8 Å². The number of anilines is 1. The monoisotopic (exact) mass is 277 g/mol. The first-order valence-electron chi connectivity index (χ1n) is 6.21. The number of nitrogen functional groups attached to an aromatic ring is 1. The standard InChI is InChI=1S/C14H16FN3O2/c1-9(2)18-7-12(16)4-13(18)14(19)20-8-10-3-11(15)6-17-5-10/h3-7,9H,8,16H2,1-2H3. The normalized spacial score (nSPS) is 10.8. The number of carbonyl (C=O) groups excluding carboxylic acids is 1. The van der Waals surface area contributed by atoms with Crippen LogP contribution in [-0.4, -0.2) is 15.5 Å². The maximum Gasteiger partial charge on any atom is 0.355 e. The molecular weight excluding hydrogens is 261 g/mol. The summed E-state index contributed by atoms with van der Waals surface area (Å²) in [5.41, 5.74) is 7.06.